The minimum Gasteiger partial charge on any atom is -0.352 e. The Bertz CT molecular complexity index is 771. The molecule has 0 saturated carbocycles. The monoisotopic (exact) mass is 393 g/mol. The summed E-state index contributed by atoms with van der Waals surface area (Å²) in [7, 11) is 2.96. The fraction of sp³-hybridized carbons (Fsp3) is 0.333. The third-order valence-electron chi connectivity index (χ3n) is 3.30. The molecule has 136 valence electrons. The topological polar surface area (TPSA) is 54.2 Å². The number of benzene rings is 1. The van der Waals surface area contributed by atoms with Crippen LogP contribution >= 0.6 is 23.2 Å². The Balaban J connectivity index is 1.99. The van der Waals surface area contributed by atoms with E-state index < -0.39 is 11.9 Å². The van der Waals surface area contributed by atoms with E-state index in [9.17, 15) is 13.2 Å². The maximum Gasteiger partial charge on any atom is 0.435 e. The first-order valence-corrected chi connectivity index (χ1v) is 7.94. The normalized spacial score (nSPS) is 12.4. The molecule has 0 spiro atoms. The number of halogens is 5. The lowest BCUT2D eigenvalue weighted by Gasteiger charge is -2.13. The molecule has 2 rings (SSSR count). The zero-order chi connectivity index (χ0) is 18.6. The molecule has 1 aromatic carbocycles. The summed E-state index contributed by atoms with van der Waals surface area (Å²) < 4.78 is 39.9. The minimum atomic E-state index is -4.51. The van der Waals surface area contributed by atoms with Gasteiger partial charge in [0.2, 0.25) is 0 Å². The summed E-state index contributed by atoms with van der Waals surface area (Å²) >= 11 is 11.9. The summed E-state index contributed by atoms with van der Waals surface area (Å²) in [5, 5.41) is 10.3. The van der Waals surface area contributed by atoms with E-state index in [-0.39, 0.29) is 12.1 Å². The van der Waals surface area contributed by atoms with Crippen molar-refractivity contribution in [3.63, 3.8) is 0 Å². The van der Waals surface area contributed by atoms with E-state index >= 15 is 0 Å². The molecule has 2 N–H and O–H groups in total. The van der Waals surface area contributed by atoms with Crippen LogP contribution in [0.5, 0.6) is 0 Å². The molecule has 2 aromatic rings. The van der Waals surface area contributed by atoms with E-state index in [1.165, 1.54) is 20.3 Å². The van der Waals surface area contributed by atoms with Crippen molar-refractivity contribution in [3.8, 4) is 0 Å². The average molecular weight is 394 g/mol. The standard InChI is InChI=1S/C15H16Cl2F3N5/c1-21-14(22-6-9-3-4-11(16)5-12(9)17)23-7-10-8-25(2)24-13(10)15(18,19)20/h3-5,8H,6-7H2,1-2H3,(H2,21,22,23). The van der Waals surface area contributed by atoms with E-state index in [0.29, 0.717) is 22.5 Å². The third kappa shape index (κ3) is 5.27. The molecular weight excluding hydrogens is 378 g/mol. The van der Waals surface area contributed by atoms with Gasteiger partial charge in [0.15, 0.2) is 11.7 Å². The molecule has 0 aliphatic heterocycles. The third-order valence-corrected chi connectivity index (χ3v) is 3.89. The first-order valence-electron chi connectivity index (χ1n) is 7.19. The number of guanidine groups is 1. The van der Waals surface area contributed by atoms with Gasteiger partial charge in [0.05, 0.1) is 0 Å². The van der Waals surface area contributed by atoms with E-state index in [0.717, 1.165) is 10.2 Å². The fourth-order valence-corrected chi connectivity index (χ4v) is 2.62. The van der Waals surface area contributed by atoms with Crippen molar-refractivity contribution < 1.29 is 13.2 Å². The fourth-order valence-electron chi connectivity index (χ4n) is 2.15. The van der Waals surface area contributed by atoms with Crippen molar-refractivity contribution in [1.82, 2.24) is 20.4 Å². The molecule has 0 aliphatic rings. The largest absolute Gasteiger partial charge is 0.435 e. The van der Waals surface area contributed by atoms with Crippen molar-refractivity contribution >= 4 is 29.2 Å². The number of hydrogen-bond acceptors (Lipinski definition) is 2. The van der Waals surface area contributed by atoms with Crippen LogP contribution in [-0.2, 0) is 26.3 Å². The van der Waals surface area contributed by atoms with Crippen LogP contribution in [-0.4, -0.2) is 22.8 Å². The van der Waals surface area contributed by atoms with Crippen LogP contribution in [0.2, 0.25) is 10.0 Å². The van der Waals surface area contributed by atoms with Gasteiger partial charge in [-0.1, -0.05) is 29.3 Å². The predicted molar refractivity (Wildman–Crippen MR) is 91.7 cm³/mol. The number of nitrogens with zero attached hydrogens (tertiary/aromatic N) is 3. The van der Waals surface area contributed by atoms with Gasteiger partial charge in [-0.15, -0.1) is 0 Å². The molecule has 0 amide bonds. The Morgan fingerprint density at radius 1 is 1.20 bits per heavy atom. The molecule has 0 unspecified atom stereocenters. The number of aromatic nitrogens is 2. The second kappa shape index (κ2) is 7.97. The Hall–Kier alpha value is -1.93. The van der Waals surface area contributed by atoms with Crippen molar-refractivity contribution in [2.45, 2.75) is 19.3 Å². The van der Waals surface area contributed by atoms with Gasteiger partial charge in [0.1, 0.15) is 0 Å². The SMILES string of the molecule is CN=C(NCc1ccc(Cl)cc1Cl)NCc1cn(C)nc1C(F)(F)F. The van der Waals surface area contributed by atoms with E-state index in [1.807, 2.05) is 0 Å². The van der Waals surface area contributed by atoms with Crippen LogP contribution < -0.4 is 10.6 Å². The number of aryl methyl sites for hydroxylation is 1. The number of nitrogens with one attached hydrogen (secondary N) is 2. The zero-order valence-corrected chi connectivity index (χ0v) is 15.0. The number of hydrogen-bond donors (Lipinski definition) is 2. The molecule has 0 radical (unpaired) electrons. The smallest absolute Gasteiger partial charge is 0.352 e. The van der Waals surface area contributed by atoms with Crippen LogP contribution in [0.3, 0.4) is 0 Å². The highest BCUT2D eigenvalue weighted by atomic mass is 35.5. The van der Waals surface area contributed by atoms with Gasteiger partial charge in [0, 0.05) is 49.0 Å². The first-order chi connectivity index (χ1) is 11.7. The number of rotatable bonds is 4. The predicted octanol–water partition coefficient (Wildman–Crippen LogP) is 3.61. The molecule has 0 aliphatic carbocycles. The Kier molecular flexibility index (Phi) is 6.18. The molecule has 5 nitrogen and oxygen atoms in total. The summed E-state index contributed by atoms with van der Waals surface area (Å²) in [6.07, 6.45) is -3.19. The van der Waals surface area contributed by atoms with Crippen LogP contribution in [0, 0.1) is 0 Å². The van der Waals surface area contributed by atoms with E-state index in [4.69, 9.17) is 23.2 Å². The van der Waals surface area contributed by atoms with Crippen molar-refractivity contribution in [1.29, 1.82) is 0 Å². The Morgan fingerprint density at radius 3 is 2.40 bits per heavy atom. The molecule has 25 heavy (non-hydrogen) atoms. The highest BCUT2D eigenvalue weighted by Crippen LogP contribution is 2.30. The zero-order valence-electron chi connectivity index (χ0n) is 13.5. The van der Waals surface area contributed by atoms with Gasteiger partial charge in [-0.2, -0.15) is 18.3 Å². The summed E-state index contributed by atoms with van der Waals surface area (Å²) in [4.78, 5) is 3.98. The van der Waals surface area contributed by atoms with Crippen LogP contribution in [0.25, 0.3) is 0 Å². The number of aliphatic imine (C=N–C) groups is 1. The Morgan fingerprint density at radius 2 is 1.84 bits per heavy atom. The Labute approximate surface area is 152 Å². The van der Waals surface area contributed by atoms with Crippen molar-refractivity contribution in [2.75, 3.05) is 7.05 Å². The summed E-state index contributed by atoms with van der Waals surface area (Å²) in [5.41, 5.74) is -0.104. The quantitative estimate of drug-likeness (QED) is 0.616. The van der Waals surface area contributed by atoms with E-state index in [2.05, 4.69) is 20.7 Å². The summed E-state index contributed by atoms with van der Waals surface area (Å²) in [5.74, 6) is 0.336. The van der Waals surface area contributed by atoms with Crippen molar-refractivity contribution in [2.24, 2.45) is 12.0 Å². The molecule has 0 saturated heterocycles. The van der Waals surface area contributed by atoms with Crippen molar-refractivity contribution in [3.05, 3.63) is 51.3 Å². The van der Waals surface area contributed by atoms with Gasteiger partial charge in [0.25, 0.3) is 0 Å². The summed E-state index contributed by atoms with van der Waals surface area (Å²) in [6, 6.07) is 5.07. The van der Waals surface area contributed by atoms with Gasteiger partial charge < -0.3 is 10.6 Å². The maximum atomic E-state index is 12.9. The minimum absolute atomic E-state index is 0.0301. The van der Waals surface area contributed by atoms with Gasteiger partial charge in [-0.25, -0.2) is 0 Å². The lowest BCUT2D eigenvalue weighted by atomic mass is 10.2. The molecule has 1 aromatic heterocycles. The van der Waals surface area contributed by atoms with Crippen LogP contribution in [0.15, 0.2) is 29.4 Å². The highest BCUT2D eigenvalue weighted by molar-refractivity contribution is 6.35. The number of alkyl halides is 3. The lowest BCUT2D eigenvalue weighted by molar-refractivity contribution is -0.142. The highest BCUT2D eigenvalue weighted by Gasteiger charge is 2.36. The van der Waals surface area contributed by atoms with Gasteiger partial charge in [-0.3, -0.25) is 9.67 Å². The maximum absolute atomic E-state index is 12.9. The molecular formula is C15H16Cl2F3N5. The second-order valence-electron chi connectivity index (χ2n) is 5.19. The average Bonchev–Trinajstić information content (AvgIpc) is 2.90. The van der Waals surface area contributed by atoms with E-state index in [1.54, 1.807) is 18.2 Å². The second-order valence-corrected chi connectivity index (χ2v) is 6.03. The summed E-state index contributed by atoms with van der Waals surface area (Å²) in [6.45, 7) is 0.269. The molecule has 0 fully saturated rings. The van der Waals surface area contributed by atoms with Gasteiger partial charge >= 0.3 is 6.18 Å². The van der Waals surface area contributed by atoms with Gasteiger partial charge in [-0.05, 0) is 17.7 Å². The van der Waals surface area contributed by atoms with Crippen LogP contribution in [0.4, 0.5) is 13.2 Å². The first kappa shape index (κ1) is 19.4. The molecule has 1 heterocycles. The van der Waals surface area contributed by atoms with Crippen LogP contribution in [0.1, 0.15) is 16.8 Å². The molecule has 0 atom stereocenters. The molecule has 10 heteroatoms. The molecule has 0 bridgehead atoms. The lowest BCUT2D eigenvalue weighted by Crippen LogP contribution is -2.36.